The van der Waals surface area contributed by atoms with E-state index >= 15 is 0 Å². The zero-order chi connectivity index (χ0) is 6.78. The Morgan fingerprint density at radius 3 is 2.00 bits per heavy atom. The molecule has 0 spiro atoms. The normalized spacial score (nSPS) is 10.6. The van der Waals surface area contributed by atoms with Crippen LogP contribution in [-0.4, -0.2) is 14.4 Å². The number of nitrogens with one attached hydrogen (secondary N) is 1. The van der Waals surface area contributed by atoms with Gasteiger partial charge in [0.25, 0.3) is 0 Å². The van der Waals surface area contributed by atoms with E-state index in [0.717, 1.165) is 4.72 Å². The lowest BCUT2D eigenvalue weighted by Crippen LogP contribution is -2.32. The van der Waals surface area contributed by atoms with Gasteiger partial charge in [-0.15, -0.1) is 0 Å². The number of carbonyl (C=O) groups is 1. The van der Waals surface area contributed by atoms with Crippen LogP contribution in [0.15, 0.2) is 0 Å². The van der Waals surface area contributed by atoms with Gasteiger partial charge in [0, 0.05) is 0 Å². The summed E-state index contributed by atoms with van der Waals surface area (Å²) in [5, 5.41) is 0. The fourth-order valence-corrected chi connectivity index (χ4v) is 0.360. The molecule has 0 aromatic carbocycles. The van der Waals surface area contributed by atoms with Gasteiger partial charge in [-0.3, -0.25) is 0 Å². The van der Waals surface area contributed by atoms with Crippen molar-refractivity contribution in [1.29, 1.82) is 0 Å². The van der Waals surface area contributed by atoms with Gasteiger partial charge in [-0.05, 0) is 0 Å². The Balaban J connectivity index is 3.95. The predicted octanol–water partition coefficient (Wildman–Crippen LogP) is -1.13. The van der Waals surface area contributed by atoms with E-state index in [4.69, 9.17) is 0 Å². The van der Waals surface area contributed by atoms with Gasteiger partial charge >= 0.3 is 16.4 Å². The minimum atomic E-state index is -4.95. The second-order valence-electron chi connectivity index (χ2n) is 0.904. The van der Waals surface area contributed by atoms with Gasteiger partial charge in [0.2, 0.25) is 0 Å². The lowest BCUT2D eigenvalue weighted by atomic mass is 11.2. The van der Waals surface area contributed by atoms with Crippen LogP contribution in [0.3, 0.4) is 0 Å². The minimum absolute atomic E-state index is 0.826. The minimum Gasteiger partial charge on any atom is -0.351 e. The topological polar surface area (TPSA) is 89.3 Å². The summed E-state index contributed by atoms with van der Waals surface area (Å²) in [6, 6.07) is -1.44. The van der Waals surface area contributed by atoms with Crippen molar-refractivity contribution < 1.29 is 17.1 Å². The predicted molar refractivity (Wildman–Crippen MR) is 22.7 cm³/mol. The highest BCUT2D eigenvalue weighted by atomic mass is 32.3. The van der Waals surface area contributed by atoms with Crippen molar-refractivity contribution in [2.45, 2.75) is 0 Å². The molecule has 7 heteroatoms. The summed E-state index contributed by atoms with van der Waals surface area (Å²) < 4.78 is 30.8. The van der Waals surface area contributed by atoms with Crippen LogP contribution in [0, 0.1) is 0 Å². The van der Waals surface area contributed by atoms with E-state index < -0.39 is 16.4 Å². The molecule has 0 rings (SSSR count). The van der Waals surface area contributed by atoms with Gasteiger partial charge in [0.15, 0.2) is 0 Å². The molecule has 0 atom stereocenters. The average molecular weight is 142 g/mol. The quantitative estimate of drug-likeness (QED) is 0.454. The van der Waals surface area contributed by atoms with Crippen molar-refractivity contribution in [1.82, 2.24) is 4.72 Å². The molecule has 0 aromatic rings. The first-order valence-electron chi connectivity index (χ1n) is 1.43. The molecule has 0 fully saturated rings. The summed E-state index contributed by atoms with van der Waals surface area (Å²) in [6.45, 7) is 0. The third-order valence-corrected chi connectivity index (χ3v) is 0.668. The summed E-state index contributed by atoms with van der Waals surface area (Å²) in [4.78, 5) is 9.51. The Morgan fingerprint density at radius 2 is 2.00 bits per heavy atom. The van der Waals surface area contributed by atoms with E-state index in [2.05, 4.69) is 5.73 Å². The maximum atomic E-state index is 11.2. The summed E-state index contributed by atoms with van der Waals surface area (Å²) in [5.74, 6) is 0. The molecular formula is CH3FN2O3S. The molecule has 0 saturated heterocycles. The fourth-order valence-electron chi connectivity index (χ4n) is 0.120. The molecule has 0 heterocycles. The number of halogens is 1. The molecule has 0 unspecified atom stereocenters. The summed E-state index contributed by atoms with van der Waals surface area (Å²) in [6.07, 6.45) is 0. The molecule has 0 saturated carbocycles. The third-order valence-electron chi connectivity index (χ3n) is 0.223. The Morgan fingerprint density at radius 1 is 1.62 bits per heavy atom. The van der Waals surface area contributed by atoms with E-state index in [-0.39, 0.29) is 0 Å². The molecule has 0 bridgehead atoms. The number of rotatable bonds is 1. The summed E-state index contributed by atoms with van der Waals surface area (Å²) in [5.41, 5.74) is 4.21. The van der Waals surface area contributed by atoms with Gasteiger partial charge < -0.3 is 5.73 Å². The molecule has 0 aliphatic rings. The van der Waals surface area contributed by atoms with Gasteiger partial charge in [0.1, 0.15) is 0 Å². The summed E-state index contributed by atoms with van der Waals surface area (Å²) >= 11 is 0. The molecule has 0 aliphatic heterocycles. The van der Waals surface area contributed by atoms with Crippen molar-refractivity contribution in [3.63, 3.8) is 0 Å². The van der Waals surface area contributed by atoms with Crippen LogP contribution in [0.1, 0.15) is 0 Å². The van der Waals surface area contributed by atoms with Crippen LogP contribution in [0.5, 0.6) is 0 Å². The molecular weight excluding hydrogens is 139 g/mol. The lowest BCUT2D eigenvalue weighted by Gasteiger charge is -1.88. The average Bonchev–Trinajstić information content (AvgIpc) is 1.21. The van der Waals surface area contributed by atoms with Gasteiger partial charge in [-0.1, -0.05) is 3.89 Å². The first-order chi connectivity index (χ1) is 3.42. The van der Waals surface area contributed by atoms with E-state index in [1.807, 2.05) is 0 Å². The molecule has 0 aliphatic carbocycles. The second kappa shape index (κ2) is 1.95. The number of nitrogens with two attached hydrogens (primary N) is 1. The lowest BCUT2D eigenvalue weighted by molar-refractivity contribution is 0.253. The van der Waals surface area contributed by atoms with Crippen molar-refractivity contribution in [3.05, 3.63) is 0 Å². The number of hydrogen-bond acceptors (Lipinski definition) is 3. The van der Waals surface area contributed by atoms with Gasteiger partial charge in [-0.25, -0.2) is 9.52 Å². The zero-order valence-electron chi connectivity index (χ0n) is 3.59. The van der Waals surface area contributed by atoms with E-state index in [9.17, 15) is 17.1 Å². The number of carbonyl (C=O) groups excluding carboxylic acids is 1. The monoisotopic (exact) mass is 142 g/mol. The maximum Gasteiger partial charge on any atom is 0.400 e. The first-order valence-corrected chi connectivity index (χ1v) is 2.82. The highest BCUT2D eigenvalue weighted by Crippen LogP contribution is 1.78. The molecule has 48 valence electrons. The number of urea groups is 1. The largest absolute Gasteiger partial charge is 0.400 e. The molecule has 5 nitrogen and oxygen atoms in total. The Kier molecular flexibility index (Phi) is 1.74. The highest BCUT2D eigenvalue weighted by Gasteiger charge is 2.06. The Labute approximate surface area is 45.0 Å². The van der Waals surface area contributed by atoms with Gasteiger partial charge in [-0.2, -0.15) is 8.42 Å². The first kappa shape index (κ1) is 7.15. The van der Waals surface area contributed by atoms with Crippen LogP contribution in [0.2, 0.25) is 0 Å². The molecule has 8 heavy (non-hydrogen) atoms. The van der Waals surface area contributed by atoms with Crippen molar-refractivity contribution in [2.24, 2.45) is 5.73 Å². The van der Waals surface area contributed by atoms with E-state index in [0.29, 0.717) is 0 Å². The van der Waals surface area contributed by atoms with E-state index in [1.165, 1.54) is 0 Å². The fraction of sp³-hybridized carbons (Fsp3) is 0. The van der Waals surface area contributed by atoms with Crippen LogP contribution in [0.4, 0.5) is 8.68 Å². The van der Waals surface area contributed by atoms with Crippen LogP contribution < -0.4 is 10.5 Å². The van der Waals surface area contributed by atoms with Crippen LogP contribution >= 0.6 is 0 Å². The number of hydrogen-bond donors (Lipinski definition) is 2. The number of amides is 2. The maximum absolute atomic E-state index is 11.2. The standard InChI is InChI=1S/CH3FN2O3S/c2-8(6,7)4-1(3)5/h(H3,3,4,5). The summed E-state index contributed by atoms with van der Waals surface area (Å²) in [7, 11) is -4.95. The Hall–Kier alpha value is -0.850. The third kappa shape index (κ3) is 5.15. The number of primary amides is 1. The zero-order valence-corrected chi connectivity index (χ0v) is 4.40. The van der Waals surface area contributed by atoms with Crippen LogP contribution in [-0.2, 0) is 10.4 Å². The molecule has 2 amide bonds. The van der Waals surface area contributed by atoms with Gasteiger partial charge in [0.05, 0.1) is 0 Å². The molecule has 3 N–H and O–H groups in total. The van der Waals surface area contributed by atoms with Crippen molar-refractivity contribution in [2.75, 3.05) is 0 Å². The second-order valence-corrected chi connectivity index (χ2v) is 1.98. The smallest absolute Gasteiger partial charge is 0.351 e. The SMILES string of the molecule is NC(=O)NS(=O)(=O)F. The molecule has 0 radical (unpaired) electrons. The molecule has 0 aromatic heterocycles. The van der Waals surface area contributed by atoms with E-state index in [1.54, 1.807) is 0 Å². The van der Waals surface area contributed by atoms with Crippen molar-refractivity contribution in [3.8, 4) is 0 Å². The van der Waals surface area contributed by atoms with Crippen molar-refractivity contribution >= 4 is 16.4 Å². The highest BCUT2D eigenvalue weighted by molar-refractivity contribution is 7.84. The van der Waals surface area contributed by atoms with Crippen LogP contribution in [0.25, 0.3) is 0 Å². The Bertz CT molecular complexity index is 183.